The average Bonchev–Trinajstić information content (AvgIpc) is 2.67. The van der Waals surface area contributed by atoms with E-state index in [0.717, 1.165) is 19.5 Å². The third-order valence-corrected chi connectivity index (χ3v) is 4.01. The molecular formula is C12H22N2O2. The number of likely N-dealkylation sites (tertiary alicyclic amines) is 1. The summed E-state index contributed by atoms with van der Waals surface area (Å²) < 4.78 is 0. The molecule has 16 heavy (non-hydrogen) atoms. The number of aliphatic hydroxyl groups excluding tert-OH is 1. The summed E-state index contributed by atoms with van der Waals surface area (Å²) in [6.07, 6.45) is 0.490. The largest absolute Gasteiger partial charge is 0.393 e. The first kappa shape index (κ1) is 11.9. The molecule has 92 valence electrons. The van der Waals surface area contributed by atoms with Crippen molar-refractivity contribution in [1.29, 1.82) is 0 Å². The standard InChI is InChI=1S/C12H22N2O2/c1-8-5-13-6-10(8)12(16)14-4-3-11(15)9(2)7-14/h8-11,13,15H,3-7H2,1-2H3. The molecule has 2 fully saturated rings. The van der Waals surface area contributed by atoms with Crippen LogP contribution in [0.2, 0.25) is 0 Å². The third-order valence-electron chi connectivity index (χ3n) is 4.01. The molecule has 0 bridgehead atoms. The maximum atomic E-state index is 12.3. The number of amides is 1. The number of piperidine rings is 1. The molecule has 4 nitrogen and oxygen atoms in total. The molecule has 0 aromatic heterocycles. The minimum Gasteiger partial charge on any atom is -0.393 e. The molecule has 0 radical (unpaired) electrons. The van der Waals surface area contributed by atoms with Crippen molar-refractivity contribution in [3.63, 3.8) is 0 Å². The Labute approximate surface area is 97.0 Å². The second-order valence-corrected chi connectivity index (χ2v) is 5.36. The van der Waals surface area contributed by atoms with Crippen LogP contribution in [0.5, 0.6) is 0 Å². The number of nitrogens with zero attached hydrogens (tertiary/aromatic N) is 1. The van der Waals surface area contributed by atoms with Crippen LogP contribution in [0.1, 0.15) is 20.3 Å². The summed E-state index contributed by atoms with van der Waals surface area (Å²) in [5.74, 6) is 1.07. The first-order valence-corrected chi connectivity index (χ1v) is 6.27. The highest BCUT2D eigenvalue weighted by atomic mass is 16.3. The number of hydrogen-bond donors (Lipinski definition) is 2. The van der Waals surface area contributed by atoms with E-state index in [9.17, 15) is 9.90 Å². The normalized spacial score (nSPS) is 40.1. The Bertz CT molecular complexity index is 270. The van der Waals surface area contributed by atoms with E-state index in [-0.39, 0.29) is 23.8 Å². The van der Waals surface area contributed by atoms with Gasteiger partial charge in [0.1, 0.15) is 0 Å². The van der Waals surface area contributed by atoms with E-state index in [1.165, 1.54) is 0 Å². The summed E-state index contributed by atoms with van der Waals surface area (Å²) in [6.45, 7) is 7.33. The third kappa shape index (κ3) is 2.23. The quantitative estimate of drug-likeness (QED) is 0.665. The van der Waals surface area contributed by atoms with Gasteiger partial charge in [-0.2, -0.15) is 0 Å². The molecule has 2 rings (SSSR count). The smallest absolute Gasteiger partial charge is 0.227 e. The topological polar surface area (TPSA) is 52.6 Å². The highest BCUT2D eigenvalue weighted by Crippen LogP contribution is 2.23. The molecule has 1 amide bonds. The fourth-order valence-corrected chi connectivity index (χ4v) is 2.71. The number of aliphatic hydroxyl groups is 1. The van der Waals surface area contributed by atoms with E-state index in [1.54, 1.807) is 0 Å². The zero-order chi connectivity index (χ0) is 11.7. The van der Waals surface area contributed by atoms with Crippen LogP contribution >= 0.6 is 0 Å². The van der Waals surface area contributed by atoms with Crippen molar-refractivity contribution in [3.05, 3.63) is 0 Å². The van der Waals surface area contributed by atoms with Crippen LogP contribution < -0.4 is 5.32 Å². The van der Waals surface area contributed by atoms with Gasteiger partial charge in [-0.25, -0.2) is 0 Å². The maximum Gasteiger partial charge on any atom is 0.227 e. The molecular weight excluding hydrogens is 204 g/mol. The zero-order valence-electron chi connectivity index (χ0n) is 10.1. The summed E-state index contributed by atoms with van der Waals surface area (Å²) in [4.78, 5) is 14.2. The van der Waals surface area contributed by atoms with Crippen molar-refractivity contribution < 1.29 is 9.90 Å². The van der Waals surface area contributed by atoms with Crippen LogP contribution in [0.3, 0.4) is 0 Å². The Morgan fingerprint density at radius 1 is 1.31 bits per heavy atom. The van der Waals surface area contributed by atoms with Gasteiger partial charge in [-0.05, 0) is 24.8 Å². The van der Waals surface area contributed by atoms with Gasteiger partial charge in [0.2, 0.25) is 5.91 Å². The Morgan fingerprint density at radius 2 is 2.06 bits per heavy atom. The molecule has 0 saturated carbocycles. The van der Waals surface area contributed by atoms with Gasteiger partial charge in [0.25, 0.3) is 0 Å². The van der Waals surface area contributed by atoms with Crippen molar-refractivity contribution in [2.75, 3.05) is 26.2 Å². The van der Waals surface area contributed by atoms with Crippen molar-refractivity contribution in [1.82, 2.24) is 10.2 Å². The molecule has 0 aromatic rings. The number of nitrogens with one attached hydrogen (secondary N) is 1. The van der Waals surface area contributed by atoms with Gasteiger partial charge < -0.3 is 15.3 Å². The highest BCUT2D eigenvalue weighted by Gasteiger charge is 2.35. The lowest BCUT2D eigenvalue weighted by molar-refractivity contribution is -0.139. The van der Waals surface area contributed by atoms with Crippen LogP contribution in [-0.4, -0.2) is 48.2 Å². The maximum absolute atomic E-state index is 12.3. The second-order valence-electron chi connectivity index (χ2n) is 5.36. The first-order valence-electron chi connectivity index (χ1n) is 6.27. The summed E-state index contributed by atoms with van der Waals surface area (Å²) in [5, 5.41) is 12.9. The zero-order valence-corrected chi connectivity index (χ0v) is 10.1. The number of carbonyl (C=O) groups excluding carboxylic acids is 1. The van der Waals surface area contributed by atoms with E-state index < -0.39 is 0 Å². The van der Waals surface area contributed by atoms with Crippen LogP contribution in [0.25, 0.3) is 0 Å². The van der Waals surface area contributed by atoms with E-state index in [4.69, 9.17) is 0 Å². The van der Waals surface area contributed by atoms with Crippen molar-refractivity contribution in [2.24, 2.45) is 17.8 Å². The van der Waals surface area contributed by atoms with Crippen LogP contribution in [-0.2, 0) is 4.79 Å². The lowest BCUT2D eigenvalue weighted by Gasteiger charge is -2.36. The van der Waals surface area contributed by atoms with Crippen LogP contribution in [0.15, 0.2) is 0 Å². The minimum absolute atomic E-state index is 0.141. The molecule has 2 heterocycles. The first-order chi connectivity index (χ1) is 7.59. The number of hydrogen-bond acceptors (Lipinski definition) is 3. The Kier molecular flexibility index (Phi) is 3.50. The number of carbonyl (C=O) groups is 1. The minimum atomic E-state index is -0.233. The average molecular weight is 226 g/mol. The predicted octanol–water partition coefficient (Wildman–Crippen LogP) is 0.0712. The molecule has 4 unspecified atom stereocenters. The summed E-state index contributed by atoms with van der Waals surface area (Å²) in [5.41, 5.74) is 0. The molecule has 2 aliphatic rings. The van der Waals surface area contributed by atoms with Gasteiger partial charge in [0.05, 0.1) is 12.0 Å². The van der Waals surface area contributed by atoms with Gasteiger partial charge in [-0.1, -0.05) is 13.8 Å². The Hall–Kier alpha value is -0.610. The SMILES string of the molecule is CC1CN(C(=O)C2CNCC2C)CCC1O. The van der Waals surface area contributed by atoms with E-state index in [2.05, 4.69) is 12.2 Å². The summed E-state index contributed by atoms with van der Waals surface area (Å²) in [7, 11) is 0. The lowest BCUT2D eigenvalue weighted by atomic mass is 9.92. The molecule has 2 N–H and O–H groups in total. The Balaban J connectivity index is 1.95. The monoisotopic (exact) mass is 226 g/mol. The number of rotatable bonds is 1. The van der Waals surface area contributed by atoms with Crippen molar-refractivity contribution in [3.8, 4) is 0 Å². The van der Waals surface area contributed by atoms with Crippen molar-refractivity contribution in [2.45, 2.75) is 26.4 Å². The molecule has 4 atom stereocenters. The van der Waals surface area contributed by atoms with E-state index in [1.807, 2.05) is 11.8 Å². The highest BCUT2D eigenvalue weighted by molar-refractivity contribution is 5.79. The summed E-state index contributed by atoms with van der Waals surface area (Å²) in [6, 6.07) is 0. The van der Waals surface area contributed by atoms with Gasteiger partial charge >= 0.3 is 0 Å². The fraction of sp³-hybridized carbons (Fsp3) is 0.917. The molecule has 0 spiro atoms. The molecule has 4 heteroatoms. The fourth-order valence-electron chi connectivity index (χ4n) is 2.71. The van der Waals surface area contributed by atoms with Gasteiger partial charge in [-0.15, -0.1) is 0 Å². The second kappa shape index (κ2) is 4.72. The van der Waals surface area contributed by atoms with Gasteiger partial charge in [-0.3, -0.25) is 4.79 Å². The van der Waals surface area contributed by atoms with Crippen molar-refractivity contribution >= 4 is 5.91 Å². The Morgan fingerprint density at radius 3 is 2.62 bits per heavy atom. The molecule has 2 saturated heterocycles. The van der Waals surface area contributed by atoms with Gasteiger partial charge in [0.15, 0.2) is 0 Å². The predicted molar refractivity (Wildman–Crippen MR) is 61.9 cm³/mol. The lowest BCUT2D eigenvalue weighted by Crippen LogP contribution is -2.48. The molecule has 0 aliphatic carbocycles. The van der Waals surface area contributed by atoms with Gasteiger partial charge in [0, 0.05) is 19.6 Å². The van der Waals surface area contributed by atoms with E-state index in [0.29, 0.717) is 19.0 Å². The van der Waals surface area contributed by atoms with Crippen LogP contribution in [0, 0.1) is 17.8 Å². The van der Waals surface area contributed by atoms with E-state index >= 15 is 0 Å². The summed E-state index contributed by atoms with van der Waals surface area (Å²) >= 11 is 0. The molecule has 2 aliphatic heterocycles. The molecule has 0 aromatic carbocycles. The van der Waals surface area contributed by atoms with Crippen LogP contribution in [0.4, 0.5) is 0 Å².